The summed E-state index contributed by atoms with van der Waals surface area (Å²) in [6.07, 6.45) is 1.92. The SMILES string of the molecule is CC(C)(C)C(=O)Nc1cccc(CCCN)c1. The molecular weight excluding hydrogens is 212 g/mol. The number of benzene rings is 1. The fourth-order valence-corrected chi connectivity index (χ4v) is 1.43. The van der Waals surface area contributed by atoms with Gasteiger partial charge in [-0.15, -0.1) is 0 Å². The number of nitrogens with two attached hydrogens (primary N) is 1. The molecule has 3 N–H and O–H groups in total. The van der Waals surface area contributed by atoms with Gasteiger partial charge in [0.05, 0.1) is 0 Å². The van der Waals surface area contributed by atoms with Gasteiger partial charge in [-0.1, -0.05) is 32.9 Å². The van der Waals surface area contributed by atoms with E-state index in [1.54, 1.807) is 0 Å². The van der Waals surface area contributed by atoms with Crippen molar-refractivity contribution < 1.29 is 4.79 Å². The second-order valence-electron chi connectivity index (χ2n) is 5.30. The Morgan fingerprint density at radius 3 is 2.65 bits per heavy atom. The second kappa shape index (κ2) is 5.82. The smallest absolute Gasteiger partial charge is 0.229 e. The molecule has 0 radical (unpaired) electrons. The fourth-order valence-electron chi connectivity index (χ4n) is 1.43. The number of amides is 1. The molecule has 0 aliphatic rings. The minimum Gasteiger partial charge on any atom is -0.330 e. The fraction of sp³-hybridized carbons (Fsp3) is 0.500. The number of nitrogens with one attached hydrogen (secondary N) is 1. The first-order chi connectivity index (χ1) is 7.93. The summed E-state index contributed by atoms with van der Waals surface area (Å²) in [5, 5.41) is 2.93. The highest BCUT2D eigenvalue weighted by Crippen LogP contribution is 2.18. The van der Waals surface area contributed by atoms with Crippen molar-refractivity contribution in [1.29, 1.82) is 0 Å². The number of anilines is 1. The first-order valence-electron chi connectivity index (χ1n) is 6.04. The van der Waals surface area contributed by atoms with Crippen LogP contribution in [0.1, 0.15) is 32.8 Å². The van der Waals surface area contributed by atoms with Crippen molar-refractivity contribution in [3.63, 3.8) is 0 Å². The lowest BCUT2D eigenvalue weighted by atomic mass is 9.95. The molecule has 0 atom stereocenters. The van der Waals surface area contributed by atoms with E-state index in [9.17, 15) is 4.79 Å². The van der Waals surface area contributed by atoms with Gasteiger partial charge in [0.1, 0.15) is 0 Å². The summed E-state index contributed by atoms with van der Waals surface area (Å²) in [5.41, 5.74) is 7.19. The van der Waals surface area contributed by atoms with Crippen LogP contribution in [0.15, 0.2) is 24.3 Å². The summed E-state index contributed by atoms with van der Waals surface area (Å²) in [7, 11) is 0. The summed E-state index contributed by atoms with van der Waals surface area (Å²) < 4.78 is 0. The van der Waals surface area contributed by atoms with E-state index in [4.69, 9.17) is 5.73 Å². The molecule has 0 spiro atoms. The number of aryl methyl sites for hydroxylation is 1. The normalized spacial score (nSPS) is 11.3. The topological polar surface area (TPSA) is 55.1 Å². The average molecular weight is 234 g/mol. The number of carbonyl (C=O) groups excluding carboxylic acids is 1. The molecule has 1 aromatic carbocycles. The minimum absolute atomic E-state index is 0.0356. The zero-order valence-corrected chi connectivity index (χ0v) is 10.9. The molecule has 0 fully saturated rings. The molecule has 0 unspecified atom stereocenters. The quantitative estimate of drug-likeness (QED) is 0.841. The Kier molecular flexibility index (Phi) is 4.70. The molecule has 1 rings (SSSR count). The van der Waals surface area contributed by atoms with Crippen LogP contribution in [0.5, 0.6) is 0 Å². The summed E-state index contributed by atoms with van der Waals surface area (Å²) in [5.74, 6) is 0.0356. The second-order valence-corrected chi connectivity index (χ2v) is 5.30. The van der Waals surface area contributed by atoms with Gasteiger partial charge in [-0.3, -0.25) is 4.79 Å². The van der Waals surface area contributed by atoms with E-state index in [1.807, 2.05) is 39.0 Å². The minimum atomic E-state index is -0.368. The maximum atomic E-state index is 11.8. The summed E-state index contributed by atoms with van der Waals surface area (Å²) >= 11 is 0. The van der Waals surface area contributed by atoms with Crippen molar-refractivity contribution in [2.24, 2.45) is 11.1 Å². The lowest BCUT2D eigenvalue weighted by molar-refractivity contribution is -0.123. The average Bonchev–Trinajstić information content (AvgIpc) is 2.25. The van der Waals surface area contributed by atoms with E-state index in [0.717, 1.165) is 18.5 Å². The Balaban J connectivity index is 2.69. The Bertz CT molecular complexity index is 380. The third kappa shape index (κ3) is 4.57. The van der Waals surface area contributed by atoms with Gasteiger partial charge in [-0.05, 0) is 37.1 Å². The summed E-state index contributed by atoms with van der Waals surface area (Å²) in [6, 6.07) is 7.95. The van der Waals surface area contributed by atoms with Crippen molar-refractivity contribution in [2.75, 3.05) is 11.9 Å². The first-order valence-corrected chi connectivity index (χ1v) is 6.04. The Hall–Kier alpha value is -1.35. The van der Waals surface area contributed by atoms with Crippen molar-refractivity contribution in [3.8, 4) is 0 Å². The first kappa shape index (κ1) is 13.7. The number of hydrogen-bond donors (Lipinski definition) is 2. The van der Waals surface area contributed by atoms with Crippen molar-refractivity contribution in [3.05, 3.63) is 29.8 Å². The van der Waals surface area contributed by atoms with Gasteiger partial charge >= 0.3 is 0 Å². The standard InChI is InChI=1S/C14H22N2O/c1-14(2,3)13(17)16-12-8-4-6-11(10-12)7-5-9-15/h4,6,8,10H,5,7,9,15H2,1-3H3,(H,16,17). The monoisotopic (exact) mass is 234 g/mol. The van der Waals surface area contributed by atoms with E-state index >= 15 is 0 Å². The van der Waals surface area contributed by atoms with Crippen LogP contribution < -0.4 is 11.1 Å². The van der Waals surface area contributed by atoms with E-state index in [2.05, 4.69) is 11.4 Å². The number of carbonyl (C=O) groups is 1. The van der Waals surface area contributed by atoms with Crippen LogP contribution in [-0.2, 0) is 11.2 Å². The molecule has 0 heterocycles. The third-order valence-electron chi connectivity index (χ3n) is 2.54. The summed E-state index contributed by atoms with van der Waals surface area (Å²) in [4.78, 5) is 11.8. The van der Waals surface area contributed by atoms with Crippen LogP contribution in [0, 0.1) is 5.41 Å². The van der Waals surface area contributed by atoms with Crippen molar-refractivity contribution >= 4 is 11.6 Å². The highest BCUT2D eigenvalue weighted by molar-refractivity contribution is 5.94. The van der Waals surface area contributed by atoms with Crippen molar-refractivity contribution in [2.45, 2.75) is 33.6 Å². The molecule has 1 amide bonds. The van der Waals surface area contributed by atoms with E-state index in [-0.39, 0.29) is 11.3 Å². The van der Waals surface area contributed by atoms with Crippen LogP contribution in [0.4, 0.5) is 5.69 Å². The van der Waals surface area contributed by atoms with E-state index < -0.39 is 0 Å². The third-order valence-corrected chi connectivity index (χ3v) is 2.54. The lowest BCUT2D eigenvalue weighted by Gasteiger charge is -2.18. The maximum absolute atomic E-state index is 11.8. The van der Waals surface area contributed by atoms with Gasteiger partial charge in [0.25, 0.3) is 0 Å². The molecular formula is C14H22N2O. The molecule has 0 aromatic heterocycles. The van der Waals surface area contributed by atoms with E-state index in [0.29, 0.717) is 6.54 Å². The molecule has 3 nitrogen and oxygen atoms in total. The Labute approximate surface area is 103 Å². The van der Waals surface area contributed by atoms with Crippen LogP contribution >= 0.6 is 0 Å². The molecule has 1 aromatic rings. The maximum Gasteiger partial charge on any atom is 0.229 e. The van der Waals surface area contributed by atoms with Gasteiger partial charge in [-0.2, -0.15) is 0 Å². The van der Waals surface area contributed by atoms with Gasteiger partial charge < -0.3 is 11.1 Å². The predicted octanol–water partition coefficient (Wildman–Crippen LogP) is 2.56. The van der Waals surface area contributed by atoms with E-state index in [1.165, 1.54) is 5.56 Å². The molecule has 0 bridgehead atoms. The van der Waals surface area contributed by atoms with Crippen LogP contribution in [-0.4, -0.2) is 12.5 Å². The van der Waals surface area contributed by atoms with Gasteiger partial charge in [0.2, 0.25) is 5.91 Å². The highest BCUT2D eigenvalue weighted by Gasteiger charge is 2.20. The molecule has 17 heavy (non-hydrogen) atoms. The molecule has 0 aliphatic carbocycles. The van der Waals surface area contributed by atoms with Crippen molar-refractivity contribution in [1.82, 2.24) is 0 Å². The Morgan fingerprint density at radius 2 is 2.06 bits per heavy atom. The largest absolute Gasteiger partial charge is 0.330 e. The molecule has 0 aliphatic heterocycles. The van der Waals surface area contributed by atoms with Crippen LogP contribution in [0.2, 0.25) is 0 Å². The number of rotatable bonds is 4. The number of hydrogen-bond acceptors (Lipinski definition) is 2. The molecule has 3 heteroatoms. The molecule has 0 saturated carbocycles. The summed E-state index contributed by atoms with van der Waals surface area (Å²) in [6.45, 7) is 6.40. The Morgan fingerprint density at radius 1 is 1.35 bits per heavy atom. The van der Waals surface area contributed by atoms with Gasteiger partial charge in [0.15, 0.2) is 0 Å². The molecule has 94 valence electrons. The van der Waals surface area contributed by atoms with Crippen LogP contribution in [0.25, 0.3) is 0 Å². The zero-order valence-electron chi connectivity index (χ0n) is 10.9. The van der Waals surface area contributed by atoms with Gasteiger partial charge in [-0.25, -0.2) is 0 Å². The highest BCUT2D eigenvalue weighted by atomic mass is 16.2. The molecule has 0 saturated heterocycles. The van der Waals surface area contributed by atoms with Crippen LogP contribution in [0.3, 0.4) is 0 Å². The zero-order chi connectivity index (χ0) is 12.9. The van der Waals surface area contributed by atoms with Gasteiger partial charge in [0, 0.05) is 11.1 Å². The lowest BCUT2D eigenvalue weighted by Crippen LogP contribution is -2.27. The predicted molar refractivity (Wildman–Crippen MR) is 71.9 cm³/mol.